The van der Waals surface area contributed by atoms with Crippen molar-refractivity contribution in [2.45, 2.75) is 13.5 Å². The van der Waals surface area contributed by atoms with E-state index in [9.17, 15) is 4.79 Å². The van der Waals surface area contributed by atoms with Crippen LogP contribution in [-0.2, 0) is 16.0 Å². The molecule has 0 unspecified atom stereocenters. The first-order chi connectivity index (χ1) is 13.6. The molecule has 0 fully saturated rings. The van der Waals surface area contributed by atoms with E-state index in [0.717, 1.165) is 40.1 Å². The van der Waals surface area contributed by atoms with Gasteiger partial charge in [-0.15, -0.1) is 0 Å². The van der Waals surface area contributed by atoms with Gasteiger partial charge in [-0.25, -0.2) is 4.79 Å². The zero-order chi connectivity index (χ0) is 20.1. The van der Waals surface area contributed by atoms with E-state index in [-0.39, 0.29) is 6.61 Å². The maximum atomic E-state index is 11.7. The number of hydrogen-bond acceptors (Lipinski definition) is 5. The Morgan fingerprint density at radius 1 is 1.11 bits per heavy atom. The third kappa shape index (κ3) is 3.89. The molecule has 0 saturated carbocycles. The number of ether oxygens (including phenoxy) is 3. The van der Waals surface area contributed by atoms with Crippen LogP contribution < -0.4 is 15.8 Å². The average molecular weight is 383 g/mol. The minimum absolute atomic E-state index is 0.205. The Bertz CT molecular complexity index is 964. The summed E-state index contributed by atoms with van der Waals surface area (Å²) in [6, 6.07) is 13.4. The van der Waals surface area contributed by atoms with Crippen LogP contribution in [0.15, 0.2) is 42.5 Å². The van der Waals surface area contributed by atoms with E-state index in [2.05, 4.69) is 16.8 Å². The summed E-state index contributed by atoms with van der Waals surface area (Å²) in [5, 5.41) is 3.68. The van der Waals surface area contributed by atoms with Crippen molar-refractivity contribution in [2.24, 2.45) is 0 Å². The molecule has 3 aromatic rings. The molecule has 2 aromatic carbocycles. The maximum Gasteiger partial charge on any atom is 0.411 e. The summed E-state index contributed by atoms with van der Waals surface area (Å²) in [4.78, 5) is 11.7. The monoisotopic (exact) mass is 383 g/mol. The standard InChI is InChI=1S/C21H25N3O4/c1-4-24-18-13-16(27-3)9-10-17(18)19(22)20(24)14-5-7-15(8-6-14)23-21(25)28-12-11-26-2/h5-10,13H,4,11-12,22H2,1-3H3,(H,23,25). The van der Waals surface area contributed by atoms with E-state index in [0.29, 0.717) is 12.3 Å². The minimum Gasteiger partial charge on any atom is -0.497 e. The molecule has 3 rings (SSSR count). The Kier molecular flexibility index (Phi) is 6.06. The molecule has 1 heterocycles. The summed E-state index contributed by atoms with van der Waals surface area (Å²) in [5.74, 6) is 0.790. The summed E-state index contributed by atoms with van der Waals surface area (Å²) in [5.41, 5.74) is 10.8. The van der Waals surface area contributed by atoms with Gasteiger partial charge in [0.1, 0.15) is 12.4 Å². The number of methoxy groups -OCH3 is 2. The van der Waals surface area contributed by atoms with E-state index >= 15 is 0 Å². The van der Waals surface area contributed by atoms with Crippen LogP contribution in [0.4, 0.5) is 16.2 Å². The van der Waals surface area contributed by atoms with Gasteiger partial charge >= 0.3 is 6.09 Å². The Hall–Kier alpha value is -3.19. The van der Waals surface area contributed by atoms with Crippen LogP contribution in [0, 0.1) is 0 Å². The van der Waals surface area contributed by atoms with E-state index in [1.807, 2.05) is 42.5 Å². The van der Waals surface area contributed by atoms with Gasteiger partial charge in [-0.1, -0.05) is 12.1 Å². The number of fused-ring (bicyclic) bond motifs is 1. The molecule has 3 N–H and O–H groups in total. The van der Waals surface area contributed by atoms with E-state index in [1.165, 1.54) is 0 Å². The van der Waals surface area contributed by atoms with Crippen molar-refractivity contribution < 1.29 is 19.0 Å². The molecule has 7 nitrogen and oxygen atoms in total. The Morgan fingerprint density at radius 2 is 1.86 bits per heavy atom. The van der Waals surface area contributed by atoms with Crippen molar-refractivity contribution in [3.63, 3.8) is 0 Å². The van der Waals surface area contributed by atoms with Crippen molar-refractivity contribution in [1.29, 1.82) is 0 Å². The summed E-state index contributed by atoms with van der Waals surface area (Å²) in [6.45, 7) is 3.41. The number of aryl methyl sites for hydroxylation is 1. The Labute approximate surface area is 164 Å². The van der Waals surface area contributed by atoms with Crippen molar-refractivity contribution in [2.75, 3.05) is 38.5 Å². The second-order valence-corrected chi connectivity index (χ2v) is 6.22. The van der Waals surface area contributed by atoms with Gasteiger partial charge in [0.15, 0.2) is 0 Å². The highest BCUT2D eigenvalue weighted by molar-refractivity contribution is 6.01. The van der Waals surface area contributed by atoms with Gasteiger partial charge < -0.3 is 24.5 Å². The molecular weight excluding hydrogens is 358 g/mol. The number of nitrogen functional groups attached to an aromatic ring is 1. The third-order valence-electron chi connectivity index (χ3n) is 4.55. The molecule has 0 saturated heterocycles. The Balaban J connectivity index is 1.88. The number of carbonyl (C=O) groups excluding carboxylic acids is 1. The van der Waals surface area contributed by atoms with Crippen LogP contribution in [0.25, 0.3) is 22.2 Å². The molecule has 7 heteroatoms. The van der Waals surface area contributed by atoms with Crippen molar-refractivity contribution in [3.8, 4) is 17.0 Å². The first-order valence-electron chi connectivity index (χ1n) is 9.07. The van der Waals surface area contributed by atoms with Gasteiger partial charge in [0, 0.05) is 36.4 Å². The average Bonchev–Trinajstić information content (AvgIpc) is 3.00. The molecule has 0 radical (unpaired) electrons. The van der Waals surface area contributed by atoms with Gasteiger partial charge in [0.25, 0.3) is 0 Å². The van der Waals surface area contributed by atoms with Crippen LogP contribution in [0.3, 0.4) is 0 Å². The number of benzene rings is 2. The predicted molar refractivity (Wildman–Crippen MR) is 111 cm³/mol. The smallest absolute Gasteiger partial charge is 0.411 e. The lowest BCUT2D eigenvalue weighted by Crippen LogP contribution is -2.16. The Morgan fingerprint density at radius 3 is 2.50 bits per heavy atom. The van der Waals surface area contributed by atoms with Crippen molar-refractivity contribution in [3.05, 3.63) is 42.5 Å². The highest BCUT2D eigenvalue weighted by Gasteiger charge is 2.16. The van der Waals surface area contributed by atoms with Crippen molar-refractivity contribution >= 4 is 28.4 Å². The molecule has 1 aromatic heterocycles. The predicted octanol–water partition coefficient (Wildman–Crippen LogP) is 4.11. The largest absolute Gasteiger partial charge is 0.497 e. The number of nitrogens with one attached hydrogen (secondary N) is 1. The molecule has 0 aliphatic carbocycles. The molecule has 148 valence electrons. The third-order valence-corrected chi connectivity index (χ3v) is 4.55. The number of nitrogens with two attached hydrogens (primary N) is 1. The number of anilines is 2. The normalized spacial score (nSPS) is 10.8. The number of rotatable bonds is 7. The molecular formula is C21H25N3O4. The lowest BCUT2D eigenvalue weighted by Gasteiger charge is -2.11. The zero-order valence-electron chi connectivity index (χ0n) is 16.3. The quantitative estimate of drug-likeness (QED) is 0.600. The van der Waals surface area contributed by atoms with Gasteiger partial charge in [-0.05, 0) is 31.2 Å². The van der Waals surface area contributed by atoms with Gasteiger partial charge in [0.05, 0.1) is 30.6 Å². The van der Waals surface area contributed by atoms with Crippen molar-refractivity contribution in [1.82, 2.24) is 4.57 Å². The fourth-order valence-electron chi connectivity index (χ4n) is 3.21. The highest BCUT2D eigenvalue weighted by atomic mass is 16.6. The number of nitrogens with zero attached hydrogens (tertiary/aromatic N) is 1. The van der Waals surface area contributed by atoms with Crippen LogP contribution in [0.2, 0.25) is 0 Å². The van der Waals surface area contributed by atoms with Gasteiger partial charge in [-0.3, -0.25) is 5.32 Å². The molecule has 0 aliphatic rings. The lowest BCUT2D eigenvalue weighted by atomic mass is 10.1. The fourth-order valence-corrected chi connectivity index (χ4v) is 3.21. The second kappa shape index (κ2) is 8.67. The first kappa shape index (κ1) is 19.6. The fraction of sp³-hybridized carbons (Fsp3) is 0.286. The first-order valence-corrected chi connectivity index (χ1v) is 9.07. The topological polar surface area (TPSA) is 87.7 Å². The second-order valence-electron chi connectivity index (χ2n) is 6.22. The summed E-state index contributed by atoms with van der Waals surface area (Å²) in [7, 11) is 3.20. The molecule has 0 atom stereocenters. The lowest BCUT2D eigenvalue weighted by molar-refractivity contribution is 0.107. The number of carbonyl (C=O) groups is 1. The minimum atomic E-state index is -0.515. The molecule has 0 bridgehead atoms. The van der Waals surface area contributed by atoms with Gasteiger partial charge in [0.2, 0.25) is 0 Å². The summed E-state index contributed by atoms with van der Waals surface area (Å²) >= 11 is 0. The van der Waals surface area contributed by atoms with E-state index in [4.69, 9.17) is 19.9 Å². The van der Waals surface area contributed by atoms with Crippen LogP contribution >= 0.6 is 0 Å². The SMILES string of the molecule is CCn1c(-c2ccc(NC(=O)OCCOC)cc2)c(N)c2ccc(OC)cc21. The molecule has 1 amide bonds. The zero-order valence-corrected chi connectivity index (χ0v) is 16.3. The number of amides is 1. The molecule has 0 aliphatic heterocycles. The summed E-state index contributed by atoms with van der Waals surface area (Å²) in [6.07, 6.45) is -0.515. The van der Waals surface area contributed by atoms with E-state index < -0.39 is 6.09 Å². The van der Waals surface area contributed by atoms with Crippen LogP contribution in [-0.4, -0.2) is 38.1 Å². The number of hydrogen-bond donors (Lipinski definition) is 2. The molecule has 0 spiro atoms. The van der Waals surface area contributed by atoms with E-state index in [1.54, 1.807) is 14.2 Å². The maximum absolute atomic E-state index is 11.7. The molecule has 28 heavy (non-hydrogen) atoms. The van der Waals surface area contributed by atoms with Crippen LogP contribution in [0.1, 0.15) is 6.92 Å². The van der Waals surface area contributed by atoms with Crippen LogP contribution in [0.5, 0.6) is 5.75 Å². The number of aromatic nitrogens is 1. The highest BCUT2D eigenvalue weighted by Crippen LogP contribution is 2.37. The summed E-state index contributed by atoms with van der Waals surface area (Å²) < 4.78 is 17.4. The van der Waals surface area contributed by atoms with Gasteiger partial charge in [-0.2, -0.15) is 0 Å².